The highest BCUT2D eigenvalue weighted by Crippen LogP contribution is 2.37. The van der Waals surface area contributed by atoms with Crippen molar-refractivity contribution in [1.82, 2.24) is 4.98 Å². The standard InChI is InChI=1S/C14H14F4N2O2S/c1-7(20-13-19-6-12(23-13)14(16,17)18)8-4-10(21-2)11(22-3)5-9(8)15/h4-7H,1-3H3,(H,19,20). The van der Waals surface area contributed by atoms with Crippen molar-refractivity contribution >= 4 is 16.5 Å². The second-order valence-electron chi connectivity index (χ2n) is 4.62. The van der Waals surface area contributed by atoms with E-state index in [2.05, 4.69) is 10.3 Å². The molecule has 2 aromatic rings. The van der Waals surface area contributed by atoms with Crippen LogP contribution in [0.1, 0.15) is 23.4 Å². The third kappa shape index (κ3) is 3.84. The van der Waals surface area contributed by atoms with E-state index in [1.807, 2.05) is 0 Å². The number of nitrogens with zero attached hydrogens (tertiary/aromatic N) is 1. The third-order valence-corrected chi connectivity index (χ3v) is 4.07. The van der Waals surface area contributed by atoms with Gasteiger partial charge in [-0.05, 0) is 13.0 Å². The zero-order valence-electron chi connectivity index (χ0n) is 12.5. The van der Waals surface area contributed by atoms with E-state index in [0.29, 0.717) is 17.1 Å². The van der Waals surface area contributed by atoms with Crippen molar-refractivity contribution in [2.45, 2.75) is 19.1 Å². The molecule has 9 heteroatoms. The van der Waals surface area contributed by atoms with E-state index >= 15 is 0 Å². The predicted octanol–water partition coefficient (Wildman–Crippen LogP) is 4.49. The number of methoxy groups -OCH3 is 2. The highest BCUT2D eigenvalue weighted by Gasteiger charge is 2.33. The van der Waals surface area contributed by atoms with E-state index in [1.54, 1.807) is 6.92 Å². The van der Waals surface area contributed by atoms with Gasteiger partial charge in [0.15, 0.2) is 16.6 Å². The number of anilines is 1. The molecular weight excluding hydrogens is 336 g/mol. The van der Waals surface area contributed by atoms with E-state index in [0.717, 1.165) is 12.3 Å². The Balaban J connectivity index is 2.24. The summed E-state index contributed by atoms with van der Waals surface area (Å²) in [6.45, 7) is 1.61. The van der Waals surface area contributed by atoms with Gasteiger partial charge in [-0.25, -0.2) is 9.37 Å². The summed E-state index contributed by atoms with van der Waals surface area (Å²) >= 11 is 0.461. The van der Waals surface area contributed by atoms with Crippen LogP contribution in [0.2, 0.25) is 0 Å². The quantitative estimate of drug-likeness (QED) is 0.807. The molecule has 0 amide bonds. The number of nitrogens with one attached hydrogen (secondary N) is 1. The Kier molecular flexibility index (Phi) is 4.98. The van der Waals surface area contributed by atoms with Crippen LogP contribution in [0.15, 0.2) is 18.3 Å². The van der Waals surface area contributed by atoms with Gasteiger partial charge in [-0.2, -0.15) is 13.2 Å². The van der Waals surface area contributed by atoms with Crippen LogP contribution in [-0.2, 0) is 6.18 Å². The third-order valence-electron chi connectivity index (χ3n) is 3.09. The molecule has 1 heterocycles. The Morgan fingerprint density at radius 2 is 1.78 bits per heavy atom. The van der Waals surface area contributed by atoms with Gasteiger partial charge in [0.2, 0.25) is 0 Å². The number of benzene rings is 1. The number of ether oxygens (including phenoxy) is 2. The molecule has 1 aromatic carbocycles. The minimum Gasteiger partial charge on any atom is -0.493 e. The fourth-order valence-electron chi connectivity index (χ4n) is 1.94. The van der Waals surface area contributed by atoms with Crippen molar-refractivity contribution in [3.63, 3.8) is 0 Å². The van der Waals surface area contributed by atoms with Gasteiger partial charge in [-0.3, -0.25) is 0 Å². The van der Waals surface area contributed by atoms with Gasteiger partial charge in [0.05, 0.1) is 26.5 Å². The largest absolute Gasteiger partial charge is 0.493 e. The molecule has 0 radical (unpaired) electrons. The van der Waals surface area contributed by atoms with Gasteiger partial charge in [0.25, 0.3) is 0 Å². The molecule has 1 unspecified atom stereocenters. The molecule has 23 heavy (non-hydrogen) atoms. The first kappa shape index (κ1) is 17.3. The average Bonchev–Trinajstić information content (AvgIpc) is 2.95. The molecule has 126 valence electrons. The molecule has 1 aromatic heterocycles. The van der Waals surface area contributed by atoms with Crippen molar-refractivity contribution in [2.24, 2.45) is 0 Å². The first-order valence-electron chi connectivity index (χ1n) is 6.47. The number of aromatic nitrogens is 1. The normalized spacial score (nSPS) is 12.8. The lowest BCUT2D eigenvalue weighted by atomic mass is 10.1. The van der Waals surface area contributed by atoms with Gasteiger partial charge >= 0.3 is 6.18 Å². The maximum atomic E-state index is 14.1. The molecule has 0 aliphatic heterocycles. The van der Waals surface area contributed by atoms with E-state index in [4.69, 9.17) is 9.47 Å². The van der Waals surface area contributed by atoms with Gasteiger partial charge in [-0.1, -0.05) is 11.3 Å². The lowest BCUT2D eigenvalue weighted by Crippen LogP contribution is -2.09. The zero-order valence-corrected chi connectivity index (χ0v) is 13.3. The maximum Gasteiger partial charge on any atom is 0.427 e. The van der Waals surface area contributed by atoms with E-state index in [-0.39, 0.29) is 16.4 Å². The van der Waals surface area contributed by atoms with Crippen LogP contribution in [0.3, 0.4) is 0 Å². The first-order valence-corrected chi connectivity index (χ1v) is 7.29. The predicted molar refractivity (Wildman–Crippen MR) is 78.7 cm³/mol. The molecule has 1 N–H and O–H groups in total. The van der Waals surface area contributed by atoms with Crippen molar-refractivity contribution < 1.29 is 27.0 Å². The summed E-state index contributed by atoms with van der Waals surface area (Å²) in [5, 5.41) is 2.81. The second-order valence-corrected chi connectivity index (χ2v) is 5.65. The van der Waals surface area contributed by atoms with Gasteiger partial charge in [0, 0.05) is 11.6 Å². The molecule has 0 aliphatic carbocycles. The lowest BCUT2D eigenvalue weighted by Gasteiger charge is -2.17. The summed E-state index contributed by atoms with van der Waals surface area (Å²) < 4.78 is 61.9. The Morgan fingerprint density at radius 3 is 2.30 bits per heavy atom. The molecular formula is C14H14F4N2O2S. The summed E-state index contributed by atoms with van der Waals surface area (Å²) in [7, 11) is 2.79. The highest BCUT2D eigenvalue weighted by atomic mass is 32.1. The van der Waals surface area contributed by atoms with Crippen LogP contribution >= 0.6 is 11.3 Å². The maximum absolute atomic E-state index is 14.1. The van der Waals surface area contributed by atoms with Crippen LogP contribution in [0.4, 0.5) is 22.7 Å². The zero-order chi connectivity index (χ0) is 17.2. The average molecular weight is 350 g/mol. The van der Waals surface area contributed by atoms with Gasteiger partial charge in [0.1, 0.15) is 10.7 Å². The van der Waals surface area contributed by atoms with Gasteiger partial charge in [-0.15, -0.1) is 0 Å². The monoisotopic (exact) mass is 350 g/mol. The smallest absolute Gasteiger partial charge is 0.427 e. The Hall–Kier alpha value is -2.03. The highest BCUT2D eigenvalue weighted by molar-refractivity contribution is 7.15. The van der Waals surface area contributed by atoms with Crippen molar-refractivity contribution in [1.29, 1.82) is 0 Å². The summed E-state index contributed by atoms with van der Waals surface area (Å²) in [5.41, 5.74) is 0.228. The van der Waals surface area contributed by atoms with E-state index in [9.17, 15) is 17.6 Å². The van der Waals surface area contributed by atoms with Crippen molar-refractivity contribution in [3.8, 4) is 11.5 Å². The first-order chi connectivity index (χ1) is 10.8. The second kappa shape index (κ2) is 6.61. The SMILES string of the molecule is COc1cc(F)c(C(C)Nc2ncc(C(F)(F)F)s2)cc1OC. The fourth-order valence-corrected chi connectivity index (χ4v) is 2.71. The number of rotatable bonds is 5. The van der Waals surface area contributed by atoms with Crippen LogP contribution in [0, 0.1) is 5.82 Å². The molecule has 0 fully saturated rings. The summed E-state index contributed by atoms with van der Waals surface area (Å²) in [6, 6.07) is 1.99. The lowest BCUT2D eigenvalue weighted by molar-refractivity contribution is -0.134. The molecule has 2 rings (SSSR count). The number of alkyl halides is 3. The number of thiazole rings is 1. The Morgan fingerprint density at radius 1 is 1.17 bits per heavy atom. The van der Waals surface area contributed by atoms with Crippen molar-refractivity contribution in [3.05, 3.63) is 34.6 Å². The van der Waals surface area contributed by atoms with E-state index in [1.165, 1.54) is 20.3 Å². The van der Waals surface area contributed by atoms with Crippen LogP contribution in [-0.4, -0.2) is 19.2 Å². The van der Waals surface area contributed by atoms with Crippen LogP contribution < -0.4 is 14.8 Å². The fraction of sp³-hybridized carbons (Fsp3) is 0.357. The minimum atomic E-state index is -4.45. The summed E-state index contributed by atoms with van der Waals surface area (Å²) in [5.74, 6) is -0.00234. The molecule has 0 aliphatic rings. The molecule has 4 nitrogen and oxygen atoms in total. The summed E-state index contributed by atoms with van der Waals surface area (Å²) in [6.07, 6.45) is -3.71. The van der Waals surface area contributed by atoms with Crippen molar-refractivity contribution in [2.75, 3.05) is 19.5 Å². The molecule has 0 saturated heterocycles. The van der Waals surface area contributed by atoms with E-state index < -0.39 is 22.9 Å². The Bertz CT molecular complexity index is 688. The molecule has 0 saturated carbocycles. The molecule has 1 atom stereocenters. The Labute approximate surface area is 134 Å². The summed E-state index contributed by atoms with van der Waals surface area (Å²) in [4.78, 5) is 2.84. The number of halogens is 4. The van der Waals surface area contributed by atoms with Crippen LogP contribution in [0.5, 0.6) is 11.5 Å². The minimum absolute atomic E-state index is 0.0546. The molecule has 0 bridgehead atoms. The topological polar surface area (TPSA) is 43.4 Å². The number of hydrogen-bond donors (Lipinski definition) is 1. The van der Waals surface area contributed by atoms with Crippen LogP contribution in [0.25, 0.3) is 0 Å². The van der Waals surface area contributed by atoms with Gasteiger partial charge < -0.3 is 14.8 Å². The number of hydrogen-bond acceptors (Lipinski definition) is 5. The molecule has 0 spiro atoms.